The van der Waals surface area contributed by atoms with Gasteiger partial charge in [0.25, 0.3) is 5.95 Å². The normalized spacial score (nSPS) is 13.6. The van der Waals surface area contributed by atoms with Gasteiger partial charge in [-0.3, -0.25) is 0 Å². The third-order valence-electron chi connectivity index (χ3n) is 3.11. The summed E-state index contributed by atoms with van der Waals surface area (Å²) in [5.74, 6) is -3.72. The van der Waals surface area contributed by atoms with Gasteiger partial charge in [-0.1, -0.05) is 0 Å². The van der Waals surface area contributed by atoms with Gasteiger partial charge < -0.3 is 5.32 Å². The van der Waals surface area contributed by atoms with Gasteiger partial charge in [0.05, 0.1) is 6.54 Å². The van der Waals surface area contributed by atoms with Crippen LogP contribution in [0.1, 0.15) is 21.7 Å². The Morgan fingerprint density at radius 3 is 2.79 bits per heavy atom. The maximum atomic E-state index is 13.4. The molecule has 0 aromatic carbocycles. The number of rotatable bonds is 3. The van der Waals surface area contributed by atoms with Crippen LogP contribution >= 0.6 is 11.3 Å². The highest BCUT2D eigenvalue weighted by atomic mass is 32.1. The lowest BCUT2D eigenvalue weighted by molar-refractivity contribution is 0.466. The Kier molecular flexibility index (Phi) is 3.18. The molecule has 1 aliphatic rings. The number of nitrogens with zero attached hydrogens (tertiary/aromatic N) is 1. The summed E-state index contributed by atoms with van der Waals surface area (Å²) in [5.41, 5.74) is 1.35. The average Bonchev–Trinajstić information content (AvgIpc) is 2.92. The zero-order valence-corrected chi connectivity index (χ0v) is 10.8. The number of halogens is 3. The van der Waals surface area contributed by atoms with Gasteiger partial charge >= 0.3 is 0 Å². The molecule has 0 fully saturated rings. The standard InChI is InChI=1S/C13H11F3N2S/c14-9-5-10(15)13(18-12(9)16)17-6-8-4-7-2-1-3-11(7)19-8/h4-5H,1-3,6H2,(H,17,18). The van der Waals surface area contributed by atoms with Crippen molar-refractivity contribution < 1.29 is 13.2 Å². The van der Waals surface area contributed by atoms with Crippen molar-refractivity contribution in [3.05, 3.63) is 45.0 Å². The Morgan fingerprint density at radius 2 is 2.00 bits per heavy atom. The van der Waals surface area contributed by atoms with Crippen LogP contribution in [0.4, 0.5) is 19.0 Å². The lowest BCUT2D eigenvalue weighted by Crippen LogP contribution is -2.05. The van der Waals surface area contributed by atoms with E-state index in [2.05, 4.69) is 16.4 Å². The van der Waals surface area contributed by atoms with Gasteiger partial charge in [-0.2, -0.15) is 9.37 Å². The first kappa shape index (κ1) is 12.5. The molecule has 1 aliphatic carbocycles. The van der Waals surface area contributed by atoms with E-state index in [4.69, 9.17) is 0 Å². The molecule has 0 radical (unpaired) electrons. The molecule has 2 nitrogen and oxygen atoms in total. The molecule has 0 saturated carbocycles. The van der Waals surface area contributed by atoms with Crippen LogP contribution in [0.15, 0.2) is 12.1 Å². The SMILES string of the molecule is Fc1cc(F)c(NCc2cc3c(s2)CCC3)nc1F. The molecule has 0 unspecified atom stereocenters. The smallest absolute Gasteiger partial charge is 0.251 e. The maximum absolute atomic E-state index is 13.4. The van der Waals surface area contributed by atoms with Crippen LogP contribution in [0.25, 0.3) is 0 Å². The first-order chi connectivity index (χ1) is 9.13. The molecule has 1 N–H and O–H groups in total. The number of fused-ring (bicyclic) bond motifs is 1. The van der Waals surface area contributed by atoms with Crippen LogP contribution in [0.5, 0.6) is 0 Å². The predicted molar refractivity (Wildman–Crippen MR) is 67.8 cm³/mol. The van der Waals surface area contributed by atoms with Crippen molar-refractivity contribution in [3.8, 4) is 0 Å². The summed E-state index contributed by atoms with van der Waals surface area (Å²) in [6.07, 6.45) is 3.37. The molecule has 0 amide bonds. The van der Waals surface area contributed by atoms with E-state index in [1.54, 1.807) is 11.3 Å². The highest BCUT2D eigenvalue weighted by molar-refractivity contribution is 7.12. The third kappa shape index (κ3) is 2.45. The first-order valence-electron chi connectivity index (χ1n) is 5.99. The Hall–Kier alpha value is -1.56. The molecule has 0 atom stereocenters. The molecule has 2 heterocycles. The van der Waals surface area contributed by atoms with E-state index in [0.29, 0.717) is 12.6 Å². The number of pyridine rings is 1. The average molecular weight is 284 g/mol. The molecule has 0 saturated heterocycles. The van der Waals surface area contributed by atoms with E-state index < -0.39 is 17.6 Å². The molecular weight excluding hydrogens is 273 g/mol. The topological polar surface area (TPSA) is 24.9 Å². The van der Waals surface area contributed by atoms with Crippen molar-refractivity contribution in [2.24, 2.45) is 0 Å². The molecule has 0 bridgehead atoms. The van der Waals surface area contributed by atoms with Crippen molar-refractivity contribution in [2.75, 3.05) is 5.32 Å². The van der Waals surface area contributed by atoms with Gasteiger partial charge in [0.15, 0.2) is 17.5 Å². The molecule has 2 aromatic heterocycles. The number of nitrogens with one attached hydrogen (secondary N) is 1. The number of aryl methyl sites for hydroxylation is 2. The number of anilines is 1. The van der Waals surface area contributed by atoms with Gasteiger partial charge in [0.2, 0.25) is 0 Å². The Morgan fingerprint density at radius 1 is 1.16 bits per heavy atom. The molecule has 0 spiro atoms. The quantitative estimate of drug-likeness (QED) is 0.870. The molecule has 3 rings (SSSR count). The van der Waals surface area contributed by atoms with Gasteiger partial charge in [-0.25, -0.2) is 8.78 Å². The molecule has 6 heteroatoms. The maximum Gasteiger partial charge on any atom is 0.251 e. The van der Waals surface area contributed by atoms with Gasteiger partial charge in [-0.05, 0) is 30.9 Å². The first-order valence-corrected chi connectivity index (χ1v) is 6.81. The molecule has 2 aromatic rings. The zero-order valence-electron chi connectivity index (χ0n) is 9.97. The highest BCUT2D eigenvalue weighted by Crippen LogP contribution is 2.31. The second-order valence-electron chi connectivity index (χ2n) is 4.46. The lowest BCUT2D eigenvalue weighted by atomic mass is 10.2. The summed E-state index contributed by atoms with van der Waals surface area (Å²) in [6, 6.07) is 2.58. The number of thiophene rings is 1. The highest BCUT2D eigenvalue weighted by Gasteiger charge is 2.16. The van der Waals surface area contributed by atoms with E-state index in [-0.39, 0.29) is 5.82 Å². The van der Waals surface area contributed by atoms with Gasteiger partial charge in [0, 0.05) is 15.8 Å². The van der Waals surface area contributed by atoms with Crippen molar-refractivity contribution in [1.29, 1.82) is 0 Å². The Bertz CT molecular complexity index is 603. The molecule has 100 valence electrons. The van der Waals surface area contributed by atoms with Crippen LogP contribution in [0.3, 0.4) is 0 Å². The number of aromatic nitrogens is 1. The fourth-order valence-electron chi connectivity index (χ4n) is 2.22. The summed E-state index contributed by atoms with van der Waals surface area (Å²) in [7, 11) is 0. The minimum atomic E-state index is -1.29. The van der Waals surface area contributed by atoms with E-state index in [9.17, 15) is 13.2 Å². The van der Waals surface area contributed by atoms with Crippen LogP contribution < -0.4 is 5.32 Å². The largest absolute Gasteiger partial charge is 0.363 e. The van der Waals surface area contributed by atoms with Crippen LogP contribution in [-0.4, -0.2) is 4.98 Å². The minimum Gasteiger partial charge on any atom is -0.363 e. The summed E-state index contributed by atoms with van der Waals surface area (Å²) in [4.78, 5) is 5.65. The van der Waals surface area contributed by atoms with E-state index in [1.807, 2.05) is 0 Å². The monoisotopic (exact) mass is 284 g/mol. The molecule has 19 heavy (non-hydrogen) atoms. The third-order valence-corrected chi connectivity index (χ3v) is 4.35. The van der Waals surface area contributed by atoms with Gasteiger partial charge in [0.1, 0.15) is 0 Å². The summed E-state index contributed by atoms with van der Waals surface area (Å²) >= 11 is 1.67. The molecular formula is C13H11F3N2S. The second kappa shape index (κ2) is 4.85. The fraction of sp³-hybridized carbons (Fsp3) is 0.308. The Labute approximate surface area is 112 Å². The minimum absolute atomic E-state index is 0.257. The van der Waals surface area contributed by atoms with Gasteiger partial charge in [-0.15, -0.1) is 11.3 Å². The van der Waals surface area contributed by atoms with Crippen molar-refractivity contribution in [2.45, 2.75) is 25.8 Å². The predicted octanol–water partition coefficient (Wildman–Crippen LogP) is 3.66. The van der Waals surface area contributed by atoms with Crippen LogP contribution in [-0.2, 0) is 19.4 Å². The summed E-state index contributed by atoms with van der Waals surface area (Å²) in [5, 5.41) is 2.70. The van der Waals surface area contributed by atoms with Crippen LogP contribution in [0.2, 0.25) is 0 Å². The van der Waals surface area contributed by atoms with Crippen molar-refractivity contribution in [3.63, 3.8) is 0 Å². The van der Waals surface area contributed by atoms with E-state index >= 15 is 0 Å². The number of hydrogen-bond donors (Lipinski definition) is 1. The fourth-order valence-corrected chi connectivity index (χ4v) is 3.42. The Balaban J connectivity index is 1.73. The molecule has 0 aliphatic heterocycles. The van der Waals surface area contributed by atoms with Crippen molar-refractivity contribution >= 4 is 17.2 Å². The van der Waals surface area contributed by atoms with E-state index in [0.717, 1.165) is 17.7 Å². The summed E-state index contributed by atoms with van der Waals surface area (Å²) < 4.78 is 39.0. The lowest BCUT2D eigenvalue weighted by Gasteiger charge is -2.05. The van der Waals surface area contributed by atoms with Crippen LogP contribution in [0, 0.1) is 17.6 Å². The van der Waals surface area contributed by atoms with E-state index in [1.165, 1.54) is 16.9 Å². The summed E-state index contributed by atoms with van der Waals surface area (Å²) in [6.45, 7) is 0.368. The number of hydrogen-bond acceptors (Lipinski definition) is 3. The zero-order chi connectivity index (χ0) is 13.4. The van der Waals surface area contributed by atoms with Crippen molar-refractivity contribution in [1.82, 2.24) is 4.98 Å². The second-order valence-corrected chi connectivity index (χ2v) is 5.68.